The molecular weight excluding hydrogens is 396 g/mol. The van der Waals surface area contributed by atoms with E-state index >= 15 is 0 Å². The maximum Gasteiger partial charge on any atom is 0.277 e. The second kappa shape index (κ2) is 7.93. The van der Waals surface area contributed by atoms with Gasteiger partial charge < -0.3 is 0 Å². The van der Waals surface area contributed by atoms with Crippen molar-refractivity contribution < 1.29 is 13.6 Å². The van der Waals surface area contributed by atoms with Gasteiger partial charge in [0.1, 0.15) is 22.5 Å². The standard InChI is InChI=1S/C22H14ClF2N3O/c23-21-17-7-2-1-5-14(17)11-19(27-21)22(29)28(13-16-6-3-4-10-26-16)20-9-8-15(24)12-18(20)25/h1-12H,13H2. The van der Waals surface area contributed by atoms with Crippen molar-refractivity contribution in [3.8, 4) is 0 Å². The Balaban J connectivity index is 1.81. The molecule has 0 spiro atoms. The molecule has 2 aromatic heterocycles. The molecule has 29 heavy (non-hydrogen) atoms. The van der Waals surface area contributed by atoms with Gasteiger partial charge >= 0.3 is 0 Å². The highest BCUT2D eigenvalue weighted by atomic mass is 35.5. The lowest BCUT2D eigenvalue weighted by Crippen LogP contribution is -2.32. The monoisotopic (exact) mass is 409 g/mol. The third-order valence-electron chi connectivity index (χ3n) is 4.40. The third-order valence-corrected chi connectivity index (χ3v) is 4.69. The molecule has 144 valence electrons. The summed E-state index contributed by atoms with van der Waals surface area (Å²) in [6, 6.07) is 17.1. The first-order valence-corrected chi connectivity index (χ1v) is 9.13. The SMILES string of the molecule is O=C(c1cc2ccccc2c(Cl)n1)N(Cc1ccccn1)c1ccc(F)cc1F. The summed E-state index contributed by atoms with van der Waals surface area (Å²) in [5, 5.41) is 1.60. The van der Waals surface area contributed by atoms with Crippen LogP contribution in [0.3, 0.4) is 0 Å². The van der Waals surface area contributed by atoms with Gasteiger partial charge in [0.15, 0.2) is 0 Å². The summed E-state index contributed by atoms with van der Waals surface area (Å²) in [5.41, 5.74) is 0.512. The molecule has 0 atom stereocenters. The first-order chi connectivity index (χ1) is 14.0. The smallest absolute Gasteiger partial charge is 0.277 e. The number of fused-ring (bicyclic) bond motifs is 1. The van der Waals surface area contributed by atoms with Crippen LogP contribution in [0.15, 0.2) is 72.9 Å². The molecule has 4 rings (SSSR count). The highest BCUT2D eigenvalue weighted by Gasteiger charge is 2.24. The van der Waals surface area contributed by atoms with Crippen LogP contribution in [0, 0.1) is 11.6 Å². The average molecular weight is 410 g/mol. The van der Waals surface area contributed by atoms with Crippen LogP contribution in [0.4, 0.5) is 14.5 Å². The largest absolute Gasteiger partial charge is 0.298 e. The Morgan fingerprint density at radius 2 is 1.79 bits per heavy atom. The van der Waals surface area contributed by atoms with E-state index in [-0.39, 0.29) is 23.1 Å². The van der Waals surface area contributed by atoms with Crippen LogP contribution in [-0.2, 0) is 6.54 Å². The molecule has 0 unspecified atom stereocenters. The fraction of sp³-hybridized carbons (Fsp3) is 0.0455. The van der Waals surface area contributed by atoms with Crippen molar-refractivity contribution in [1.82, 2.24) is 9.97 Å². The van der Waals surface area contributed by atoms with Crippen LogP contribution < -0.4 is 4.90 Å². The number of amides is 1. The van der Waals surface area contributed by atoms with Crippen LogP contribution in [0.5, 0.6) is 0 Å². The zero-order chi connectivity index (χ0) is 20.4. The van der Waals surface area contributed by atoms with E-state index in [1.54, 1.807) is 42.6 Å². The number of nitrogens with zero attached hydrogens (tertiary/aromatic N) is 3. The minimum atomic E-state index is -0.860. The number of benzene rings is 2. The van der Waals surface area contributed by atoms with Gasteiger partial charge in [0.2, 0.25) is 0 Å². The Bertz CT molecular complexity index is 1200. The number of carbonyl (C=O) groups excluding carboxylic acids is 1. The Morgan fingerprint density at radius 3 is 2.55 bits per heavy atom. The summed E-state index contributed by atoms with van der Waals surface area (Å²) in [6.07, 6.45) is 1.57. The number of halogens is 3. The molecule has 7 heteroatoms. The van der Waals surface area contributed by atoms with Gasteiger partial charge in [0, 0.05) is 17.6 Å². The first-order valence-electron chi connectivity index (χ1n) is 8.75. The van der Waals surface area contributed by atoms with E-state index in [1.165, 1.54) is 11.0 Å². The van der Waals surface area contributed by atoms with Gasteiger partial charge in [0.05, 0.1) is 17.9 Å². The third kappa shape index (κ3) is 3.93. The topological polar surface area (TPSA) is 46.1 Å². The molecule has 1 amide bonds. The summed E-state index contributed by atoms with van der Waals surface area (Å²) in [5.74, 6) is -2.17. The summed E-state index contributed by atoms with van der Waals surface area (Å²) < 4.78 is 27.9. The van der Waals surface area contributed by atoms with E-state index in [9.17, 15) is 13.6 Å². The van der Waals surface area contributed by atoms with Crippen LogP contribution in [0.1, 0.15) is 16.2 Å². The molecule has 0 N–H and O–H groups in total. The molecule has 0 saturated carbocycles. The molecule has 0 fully saturated rings. The molecule has 0 aliphatic carbocycles. The molecule has 2 aromatic carbocycles. The van der Waals surface area contributed by atoms with Crippen molar-refractivity contribution in [1.29, 1.82) is 0 Å². The number of aromatic nitrogens is 2. The minimum Gasteiger partial charge on any atom is -0.298 e. The zero-order valence-electron chi connectivity index (χ0n) is 15.0. The fourth-order valence-electron chi connectivity index (χ4n) is 3.02. The van der Waals surface area contributed by atoms with Gasteiger partial charge in [-0.2, -0.15) is 0 Å². The molecular formula is C22H14ClF2N3O. The van der Waals surface area contributed by atoms with Crippen LogP contribution in [0.2, 0.25) is 5.15 Å². The summed E-state index contributed by atoms with van der Waals surface area (Å²) in [4.78, 5) is 22.9. The number of carbonyl (C=O) groups is 1. The number of anilines is 1. The highest BCUT2D eigenvalue weighted by Crippen LogP contribution is 2.27. The maximum atomic E-state index is 14.5. The minimum absolute atomic E-state index is 0.0195. The second-order valence-electron chi connectivity index (χ2n) is 6.33. The lowest BCUT2D eigenvalue weighted by Gasteiger charge is -2.23. The summed E-state index contributed by atoms with van der Waals surface area (Å²) in [7, 11) is 0. The van der Waals surface area contributed by atoms with E-state index in [0.29, 0.717) is 11.1 Å². The Kier molecular flexibility index (Phi) is 5.18. The summed E-state index contributed by atoms with van der Waals surface area (Å²) in [6.45, 7) is -0.0195. The molecule has 0 saturated heterocycles. The molecule has 0 bridgehead atoms. The van der Waals surface area contributed by atoms with Crippen LogP contribution >= 0.6 is 11.6 Å². The van der Waals surface area contributed by atoms with E-state index < -0.39 is 17.5 Å². The lowest BCUT2D eigenvalue weighted by atomic mass is 10.1. The van der Waals surface area contributed by atoms with Crippen molar-refractivity contribution >= 4 is 34.0 Å². The summed E-state index contributed by atoms with van der Waals surface area (Å²) >= 11 is 6.25. The number of hydrogen-bond donors (Lipinski definition) is 0. The van der Waals surface area contributed by atoms with Gasteiger partial charge in [-0.05, 0) is 35.7 Å². The van der Waals surface area contributed by atoms with Crippen LogP contribution in [0.25, 0.3) is 10.8 Å². The van der Waals surface area contributed by atoms with Crippen molar-refractivity contribution in [2.75, 3.05) is 4.90 Å². The van der Waals surface area contributed by atoms with Gasteiger partial charge in [-0.3, -0.25) is 14.7 Å². The number of rotatable bonds is 4. The Labute approximate surface area is 170 Å². The predicted molar refractivity (Wildman–Crippen MR) is 108 cm³/mol. The van der Waals surface area contributed by atoms with Crippen molar-refractivity contribution in [2.24, 2.45) is 0 Å². The van der Waals surface area contributed by atoms with Crippen LogP contribution in [-0.4, -0.2) is 15.9 Å². The van der Waals surface area contributed by atoms with Gasteiger partial charge in [-0.1, -0.05) is 41.9 Å². The number of hydrogen-bond acceptors (Lipinski definition) is 3. The molecule has 2 heterocycles. The zero-order valence-corrected chi connectivity index (χ0v) is 15.8. The number of pyridine rings is 2. The van der Waals surface area contributed by atoms with Gasteiger partial charge in [-0.25, -0.2) is 13.8 Å². The van der Waals surface area contributed by atoms with Gasteiger partial charge in [-0.15, -0.1) is 0 Å². The Hall–Kier alpha value is -3.38. The van der Waals surface area contributed by atoms with Gasteiger partial charge in [0.25, 0.3) is 5.91 Å². The van der Waals surface area contributed by atoms with E-state index in [4.69, 9.17) is 11.6 Å². The van der Waals surface area contributed by atoms with Crippen molar-refractivity contribution in [3.63, 3.8) is 0 Å². The Morgan fingerprint density at radius 1 is 1.00 bits per heavy atom. The molecule has 0 aliphatic heterocycles. The lowest BCUT2D eigenvalue weighted by molar-refractivity contribution is 0.0979. The van der Waals surface area contributed by atoms with Crippen molar-refractivity contribution in [2.45, 2.75) is 6.54 Å². The molecule has 0 radical (unpaired) electrons. The quantitative estimate of drug-likeness (QED) is 0.423. The highest BCUT2D eigenvalue weighted by molar-refractivity contribution is 6.34. The van der Waals surface area contributed by atoms with Crippen molar-refractivity contribution in [3.05, 3.63) is 101 Å². The van der Waals surface area contributed by atoms with E-state index in [2.05, 4.69) is 9.97 Å². The fourth-order valence-corrected chi connectivity index (χ4v) is 3.29. The normalized spacial score (nSPS) is 10.9. The molecule has 4 nitrogen and oxygen atoms in total. The average Bonchev–Trinajstić information content (AvgIpc) is 2.73. The second-order valence-corrected chi connectivity index (χ2v) is 6.69. The van der Waals surface area contributed by atoms with E-state index in [0.717, 1.165) is 17.5 Å². The predicted octanol–water partition coefficient (Wildman–Crippen LogP) is 5.41. The maximum absolute atomic E-state index is 14.5. The van der Waals surface area contributed by atoms with E-state index in [1.807, 2.05) is 12.1 Å². The first kappa shape index (κ1) is 19.0. The molecule has 0 aliphatic rings. The molecule has 4 aromatic rings.